The molecule has 0 amide bonds. The molecule has 0 spiro atoms. The molecule has 1 fully saturated rings. The summed E-state index contributed by atoms with van der Waals surface area (Å²) in [6.45, 7) is 2.24. The molecule has 1 aliphatic carbocycles. The van der Waals surface area contributed by atoms with Crippen molar-refractivity contribution in [1.82, 2.24) is 5.32 Å². The summed E-state index contributed by atoms with van der Waals surface area (Å²) in [5.41, 5.74) is 4.66. The Morgan fingerprint density at radius 1 is 1.05 bits per heavy atom. The Hall–Kier alpha value is -1.60. The van der Waals surface area contributed by atoms with Crippen LogP contribution in [0.2, 0.25) is 0 Å². The second kappa shape index (κ2) is 6.03. The van der Waals surface area contributed by atoms with Crippen molar-refractivity contribution in [2.75, 3.05) is 7.05 Å². The number of hydrogen-bond acceptors (Lipinski definition) is 1. The van der Waals surface area contributed by atoms with E-state index in [0.717, 1.165) is 0 Å². The highest BCUT2D eigenvalue weighted by Crippen LogP contribution is 2.56. The van der Waals surface area contributed by atoms with Crippen molar-refractivity contribution in [2.24, 2.45) is 0 Å². The molecule has 0 bridgehead atoms. The largest absolute Gasteiger partial charge is 0.312 e. The molecule has 1 saturated carbocycles. The van der Waals surface area contributed by atoms with E-state index in [-0.39, 0.29) is 0 Å². The van der Waals surface area contributed by atoms with Gasteiger partial charge in [0, 0.05) is 11.5 Å². The minimum absolute atomic E-state index is 0.293. The fraction of sp³-hybridized carbons (Fsp3) is 0.400. The van der Waals surface area contributed by atoms with Gasteiger partial charge >= 0.3 is 0 Å². The highest BCUT2D eigenvalue weighted by atomic mass is 14.9. The summed E-state index contributed by atoms with van der Waals surface area (Å²) in [7, 11) is 2.10. The number of likely N-dealkylation sites (N-methyl/N-ethyl adjacent to an activating group) is 1. The lowest BCUT2D eigenvalue weighted by molar-refractivity contribution is 0.463. The van der Waals surface area contributed by atoms with E-state index in [2.05, 4.69) is 73.9 Å². The molecule has 1 nitrogen and oxygen atoms in total. The van der Waals surface area contributed by atoms with E-state index in [9.17, 15) is 0 Å². The first-order valence-corrected chi connectivity index (χ1v) is 8.12. The van der Waals surface area contributed by atoms with Gasteiger partial charge in [0.2, 0.25) is 0 Å². The maximum Gasteiger partial charge on any atom is 0.0415 e. The van der Waals surface area contributed by atoms with E-state index in [0.29, 0.717) is 11.5 Å². The molecule has 1 N–H and O–H groups in total. The molecule has 1 atom stereocenters. The van der Waals surface area contributed by atoms with Gasteiger partial charge in [-0.2, -0.15) is 0 Å². The summed E-state index contributed by atoms with van der Waals surface area (Å²) in [6, 6.07) is 20.6. The summed E-state index contributed by atoms with van der Waals surface area (Å²) in [5.74, 6) is 0. The van der Waals surface area contributed by atoms with Crippen LogP contribution in [0.3, 0.4) is 0 Å². The van der Waals surface area contributed by atoms with Gasteiger partial charge in [-0.15, -0.1) is 0 Å². The third-order valence-electron chi connectivity index (χ3n) is 4.80. The van der Waals surface area contributed by atoms with Gasteiger partial charge < -0.3 is 5.32 Å². The Labute approximate surface area is 128 Å². The second-order valence-electron chi connectivity index (χ2n) is 6.24. The van der Waals surface area contributed by atoms with Gasteiger partial charge in [-0.25, -0.2) is 0 Å². The lowest BCUT2D eigenvalue weighted by Gasteiger charge is -2.28. The molecule has 1 unspecified atom stereocenters. The molecule has 2 aromatic carbocycles. The monoisotopic (exact) mass is 279 g/mol. The van der Waals surface area contributed by atoms with E-state index in [1.807, 2.05) is 0 Å². The number of aryl methyl sites for hydroxylation is 1. The molecule has 3 rings (SSSR count). The quantitative estimate of drug-likeness (QED) is 0.813. The van der Waals surface area contributed by atoms with Crippen molar-refractivity contribution in [2.45, 2.75) is 44.1 Å². The average molecular weight is 279 g/mol. The standard InChI is InChI=1S/C20H25N/c1-3-8-16-9-7-10-17(15-16)19(21-2)20(13-14-20)18-11-5-4-6-12-18/h4-7,9-12,15,19,21H,3,8,13-14H2,1-2H3. The lowest BCUT2D eigenvalue weighted by atomic mass is 9.83. The predicted molar refractivity (Wildman–Crippen MR) is 89.6 cm³/mol. The van der Waals surface area contributed by atoms with E-state index < -0.39 is 0 Å². The van der Waals surface area contributed by atoms with E-state index >= 15 is 0 Å². The normalized spacial score (nSPS) is 17.4. The Kier molecular flexibility index (Phi) is 4.12. The summed E-state index contributed by atoms with van der Waals surface area (Å²) in [6.07, 6.45) is 4.93. The van der Waals surface area contributed by atoms with Crippen LogP contribution in [0.4, 0.5) is 0 Å². The zero-order valence-corrected chi connectivity index (χ0v) is 13.1. The first-order valence-electron chi connectivity index (χ1n) is 8.12. The number of nitrogens with one attached hydrogen (secondary N) is 1. The van der Waals surface area contributed by atoms with Crippen LogP contribution in [-0.2, 0) is 11.8 Å². The van der Waals surface area contributed by atoms with E-state index in [1.54, 1.807) is 0 Å². The lowest BCUT2D eigenvalue weighted by Crippen LogP contribution is -2.29. The number of hydrogen-bond donors (Lipinski definition) is 1. The maximum atomic E-state index is 3.59. The molecule has 2 aromatic rings. The molecule has 0 aliphatic heterocycles. The molecule has 0 aromatic heterocycles. The smallest absolute Gasteiger partial charge is 0.0415 e. The summed E-state index contributed by atoms with van der Waals surface area (Å²) in [5, 5.41) is 3.59. The van der Waals surface area contributed by atoms with Crippen LogP contribution < -0.4 is 5.32 Å². The summed E-state index contributed by atoms with van der Waals surface area (Å²) < 4.78 is 0. The summed E-state index contributed by atoms with van der Waals surface area (Å²) in [4.78, 5) is 0. The molecule has 110 valence electrons. The molecule has 1 aliphatic rings. The number of benzene rings is 2. The van der Waals surface area contributed by atoms with Gasteiger partial charge in [0.05, 0.1) is 0 Å². The zero-order chi connectivity index (χ0) is 14.7. The van der Waals surface area contributed by atoms with Crippen molar-refractivity contribution in [1.29, 1.82) is 0 Å². The van der Waals surface area contributed by atoms with Gasteiger partial charge in [0.25, 0.3) is 0 Å². The van der Waals surface area contributed by atoms with E-state index in [4.69, 9.17) is 0 Å². The number of rotatable bonds is 6. The Morgan fingerprint density at radius 2 is 1.81 bits per heavy atom. The van der Waals surface area contributed by atoms with Gasteiger partial charge in [-0.3, -0.25) is 0 Å². The first-order chi connectivity index (χ1) is 10.3. The fourth-order valence-electron chi connectivity index (χ4n) is 3.63. The van der Waals surface area contributed by atoms with Crippen LogP contribution in [0.5, 0.6) is 0 Å². The topological polar surface area (TPSA) is 12.0 Å². The molecule has 1 heteroatoms. The Morgan fingerprint density at radius 3 is 2.43 bits per heavy atom. The highest BCUT2D eigenvalue weighted by Gasteiger charge is 2.50. The van der Waals surface area contributed by atoms with Crippen molar-refractivity contribution < 1.29 is 0 Å². The maximum absolute atomic E-state index is 3.59. The Bertz CT molecular complexity index is 584. The molecule has 0 heterocycles. The van der Waals surface area contributed by atoms with E-state index in [1.165, 1.54) is 42.4 Å². The predicted octanol–water partition coefficient (Wildman–Crippen LogP) is 4.63. The second-order valence-corrected chi connectivity index (χ2v) is 6.24. The van der Waals surface area contributed by atoms with Crippen molar-refractivity contribution >= 4 is 0 Å². The third-order valence-corrected chi connectivity index (χ3v) is 4.80. The fourth-order valence-corrected chi connectivity index (χ4v) is 3.63. The van der Waals surface area contributed by atoms with Gasteiger partial charge in [-0.1, -0.05) is 67.9 Å². The molecular weight excluding hydrogens is 254 g/mol. The van der Waals surface area contributed by atoms with Crippen LogP contribution in [0.25, 0.3) is 0 Å². The highest BCUT2D eigenvalue weighted by molar-refractivity contribution is 5.39. The minimum atomic E-state index is 0.293. The van der Waals surface area contributed by atoms with Gasteiger partial charge in [-0.05, 0) is 43.0 Å². The SMILES string of the molecule is CCCc1cccc(C(NC)C2(c3ccccc3)CC2)c1. The summed E-state index contributed by atoms with van der Waals surface area (Å²) >= 11 is 0. The van der Waals surface area contributed by atoms with Crippen molar-refractivity contribution in [3.05, 3.63) is 71.3 Å². The molecule has 21 heavy (non-hydrogen) atoms. The van der Waals surface area contributed by atoms with Crippen molar-refractivity contribution in [3.63, 3.8) is 0 Å². The molecule has 0 saturated heterocycles. The van der Waals surface area contributed by atoms with Crippen LogP contribution in [0, 0.1) is 0 Å². The van der Waals surface area contributed by atoms with Crippen LogP contribution in [0.1, 0.15) is 48.9 Å². The van der Waals surface area contributed by atoms with Crippen LogP contribution >= 0.6 is 0 Å². The average Bonchev–Trinajstić information content (AvgIpc) is 3.31. The van der Waals surface area contributed by atoms with Crippen molar-refractivity contribution in [3.8, 4) is 0 Å². The molecular formula is C20H25N. The zero-order valence-electron chi connectivity index (χ0n) is 13.1. The third kappa shape index (κ3) is 2.75. The van der Waals surface area contributed by atoms with Gasteiger partial charge in [0.1, 0.15) is 0 Å². The Balaban J connectivity index is 1.94. The van der Waals surface area contributed by atoms with Gasteiger partial charge in [0.15, 0.2) is 0 Å². The van der Waals surface area contributed by atoms with Crippen LogP contribution in [0.15, 0.2) is 54.6 Å². The minimum Gasteiger partial charge on any atom is -0.312 e. The molecule has 0 radical (unpaired) electrons. The first kappa shape index (κ1) is 14.3. The van der Waals surface area contributed by atoms with Crippen LogP contribution in [-0.4, -0.2) is 7.05 Å².